The zero-order valence-electron chi connectivity index (χ0n) is 26.9. The molecule has 2 amide bonds. The minimum Gasteiger partial charge on any atom is -0.379 e. The molecule has 0 bridgehead atoms. The number of halogens is 1. The van der Waals surface area contributed by atoms with E-state index < -0.39 is 15.3 Å². The molecule has 2 aliphatic heterocycles. The van der Waals surface area contributed by atoms with Gasteiger partial charge < -0.3 is 33.3 Å². The number of benzene rings is 1. The number of amides is 2. The van der Waals surface area contributed by atoms with Crippen molar-refractivity contribution >= 4 is 50.0 Å². The molecule has 0 saturated carbocycles. The fraction of sp³-hybridized carbons (Fsp3) is 0.562. The lowest BCUT2D eigenvalue weighted by Gasteiger charge is -2.46. The van der Waals surface area contributed by atoms with E-state index in [1.807, 2.05) is 23.6 Å². The molecule has 2 aromatic heterocycles. The fourth-order valence-electron chi connectivity index (χ4n) is 6.00. The molecule has 1 saturated heterocycles. The number of rotatable bonds is 19. The maximum Gasteiger partial charge on any atom is 0.241 e. The third-order valence-corrected chi connectivity index (χ3v) is 9.57. The predicted octanol–water partition coefficient (Wildman–Crippen LogP) is 2.62. The molecule has 3 aromatic rings. The standard InChI is InChI=1S/C32H42ClN5O8S/c1-3-43-12-13-45-16-17-46-15-14-44-11-8-30(39)36-22-32(23-36)25-7-9-34-20-28(25)38(31(32)40)21-29-35-26-19-24(33)5-6-27(26)37(29)10-4-18-47(2,41)42/h5-7,9,19-20H,3-4,8,10-18,21-23H2,1-2H3. The number of hydrogen-bond acceptors (Lipinski definition) is 10. The number of imidazole rings is 1. The molecule has 0 unspecified atom stereocenters. The van der Waals surface area contributed by atoms with Gasteiger partial charge in [-0.05, 0) is 43.2 Å². The first-order chi connectivity index (χ1) is 22.6. The summed E-state index contributed by atoms with van der Waals surface area (Å²) in [5.41, 5.74) is 2.13. The van der Waals surface area contributed by atoms with Gasteiger partial charge in [0, 0.05) is 43.7 Å². The van der Waals surface area contributed by atoms with Gasteiger partial charge in [-0.15, -0.1) is 0 Å². The molecule has 13 nitrogen and oxygen atoms in total. The summed E-state index contributed by atoms with van der Waals surface area (Å²) >= 11 is 6.24. The highest BCUT2D eigenvalue weighted by atomic mass is 35.5. The number of fused-ring (bicyclic) bond motifs is 3. The fourth-order valence-corrected chi connectivity index (χ4v) is 6.82. The van der Waals surface area contributed by atoms with Gasteiger partial charge in [0.25, 0.3) is 0 Å². The highest BCUT2D eigenvalue weighted by Crippen LogP contribution is 2.47. The smallest absolute Gasteiger partial charge is 0.241 e. The summed E-state index contributed by atoms with van der Waals surface area (Å²) in [4.78, 5) is 39.5. The Morgan fingerprint density at radius 1 is 1.00 bits per heavy atom. The minimum absolute atomic E-state index is 0.0338. The monoisotopic (exact) mass is 691 g/mol. The van der Waals surface area contributed by atoms with Crippen LogP contribution in [0.5, 0.6) is 0 Å². The number of carbonyl (C=O) groups excluding carboxylic acids is 2. The minimum atomic E-state index is -3.14. The summed E-state index contributed by atoms with van der Waals surface area (Å²) in [6.07, 6.45) is 5.15. The number of pyridine rings is 1. The zero-order valence-corrected chi connectivity index (χ0v) is 28.4. The number of hydrogen-bond donors (Lipinski definition) is 0. The van der Waals surface area contributed by atoms with Gasteiger partial charge >= 0.3 is 0 Å². The van der Waals surface area contributed by atoms with E-state index in [9.17, 15) is 18.0 Å². The van der Waals surface area contributed by atoms with Crippen molar-refractivity contribution in [3.63, 3.8) is 0 Å². The maximum atomic E-state index is 14.1. The van der Waals surface area contributed by atoms with Crippen LogP contribution >= 0.6 is 11.6 Å². The normalized spacial score (nSPS) is 15.5. The number of aromatic nitrogens is 3. The second-order valence-corrected chi connectivity index (χ2v) is 14.4. The molecule has 256 valence electrons. The molecule has 0 radical (unpaired) electrons. The average Bonchev–Trinajstić information content (AvgIpc) is 3.47. The molecule has 0 N–H and O–H groups in total. The topological polar surface area (TPSA) is 142 Å². The largest absolute Gasteiger partial charge is 0.379 e. The Labute approximate surface area is 280 Å². The molecule has 0 atom stereocenters. The first-order valence-electron chi connectivity index (χ1n) is 15.8. The summed E-state index contributed by atoms with van der Waals surface area (Å²) in [7, 11) is -3.14. The maximum absolute atomic E-state index is 14.1. The number of sulfone groups is 1. The van der Waals surface area contributed by atoms with Gasteiger partial charge in [0.2, 0.25) is 11.8 Å². The Morgan fingerprint density at radius 3 is 2.36 bits per heavy atom. The number of likely N-dealkylation sites (tertiary alicyclic amines) is 1. The molecule has 5 rings (SSSR count). The van der Waals surface area contributed by atoms with Crippen molar-refractivity contribution in [3.05, 3.63) is 53.1 Å². The van der Waals surface area contributed by atoms with E-state index in [0.717, 1.165) is 11.1 Å². The summed E-state index contributed by atoms with van der Waals surface area (Å²) in [6.45, 7) is 6.80. The van der Waals surface area contributed by atoms with Crippen molar-refractivity contribution in [1.82, 2.24) is 19.4 Å². The van der Waals surface area contributed by atoms with Crippen LogP contribution in [-0.4, -0.2) is 118 Å². The Bertz CT molecular complexity index is 1660. The Kier molecular flexibility index (Phi) is 11.9. The van der Waals surface area contributed by atoms with E-state index in [4.69, 9.17) is 35.5 Å². The van der Waals surface area contributed by atoms with E-state index in [1.54, 1.807) is 34.3 Å². The molecule has 47 heavy (non-hydrogen) atoms. The van der Waals surface area contributed by atoms with E-state index in [-0.39, 0.29) is 50.2 Å². The van der Waals surface area contributed by atoms with Gasteiger partial charge in [-0.3, -0.25) is 14.6 Å². The number of aryl methyl sites for hydroxylation is 1. The number of anilines is 1. The Morgan fingerprint density at radius 2 is 1.68 bits per heavy atom. The van der Waals surface area contributed by atoms with Crippen LogP contribution in [0, 0.1) is 0 Å². The lowest BCUT2D eigenvalue weighted by Crippen LogP contribution is -2.65. The lowest BCUT2D eigenvalue weighted by atomic mass is 9.74. The molecular weight excluding hydrogens is 650 g/mol. The van der Waals surface area contributed by atoms with Crippen LogP contribution in [0.2, 0.25) is 5.02 Å². The predicted molar refractivity (Wildman–Crippen MR) is 176 cm³/mol. The molecule has 1 aromatic carbocycles. The van der Waals surface area contributed by atoms with Crippen LogP contribution in [0.3, 0.4) is 0 Å². The third kappa shape index (κ3) is 8.48. The van der Waals surface area contributed by atoms with Crippen molar-refractivity contribution in [2.45, 2.75) is 38.3 Å². The van der Waals surface area contributed by atoms with Gasteiger partial charge in [-0.1, -0.05) is 11.6 Å². The molecule has 1 spiro atoms. The number of carbonyl (C=O) groups is 2. The van der Waals surface area contributed by atoms with Crippen LogP contribution < -0.4 is 4.90 Å². The van der Waals surface area contributed by atoms with Crippen molar-refractivity contribution in [2.24, 2.45) is 0 Å². The molecular formula is C32H42ClN5O8S. The highest BCUT2D eigenvalue weighted by Gasteiger charge is 2.59. The SMILES string of the molecule is CCOCCOCCOCCOCCC(=O)N1CC2(C1)C(=O)N(Cc1nc3cc(Cl)ccc3n1CCCS(C)(=O)=O)c1cnccc12. The van der Waals surface area contributed by atoms with Gasteiger partial charge in [-0.2, -0.15) is 0 Å². The summed E-state index contributed by atoms with van der Waals surface area (Å²) in [5, 5.41) is 0.531. The molecule has 4 heterocycles. The molecule has 2 aliphatic rings. The van der Waals surface area contributed by atoms with Crippen LogP contribution in [0.4, 0.5) is 5.69 Å². The second-order valence-electron chi connectivity index (χ2n) is 11.7. The van der Waals surface area contributed by atoms with Crippen LogP contribution in [0.25, 0.3) is 11.0 Å². The van der Waals surface area contributed by atoms with Gasteiger partial charge in [-0.25, -0.2) is 13.4 Å². The van der Waals surface area contributed by atoms with Crippen molar-refractivity contribution < 1.29 is 37.0 Å². The first-order valence-corrected chi connectivity index (χ1v) is 18.2. The zero-order chi connectivity index (χ0) is 33.4. The number of nitrogens with zero attached hydrogens (tertiary/aromatic N) is 5. The Hall–Kier alpha value is -3.14. The summed E-state index contributed by atoms with van der Waals surface area (Å²) in [6, 6.07) is 7.21. The van der Waals surface area contributed by atoms with Crippen LogP contribution in [-0.2, 0) is 56.9 Å². The van der Waals surface area contributed by atoms with Crippen LogP contribution in [0.1, 0.15) is 31.2 Å². The van der Waals surface area contributed by atoms with E-state index in [0.29, 0.717) is 81.3 Å². The van der Waals surface area contributed by atoms with Gasteiger partial charge in [0.05, 0.1) is 87.9 Å². The van der Waals surface area contributed by atoms with Crippen molar-refractivity contribution in [3.8, 4) is 0 Å². The quantitative estimate of drug-likeness (QED) is 0.172. The molecule has 0 aliphatic carbocycles. The highest BCUT2D eigenvalue weighted by molar-refractivity contribution is 7.90. The Balaban J connectivity index is 1.16. The van der Waals surface area contributed by atoms with Crippen LogP contribution in [0.15, 0.2) is 36.7 Å². The van der Waals surface area contributed by atoms with Gasteiger partial charge in [0.1, 0.15) is 21.1 Å². The molecule has 15 heteroatoms. The van der Waals surface area contributed by atoms with E-state index in [1.165, 1.54) is 6.26 Å². The first kappa shape index (κ1) is 35.2. The van der Waals surface area contributed by atoms with Crippen molar-refractivity contribution in [1.29, 1.82) is 0 Å². The van der Waals surface area contributed by atoms with E-state index >= 15 is 0 Å². The van der Waals surface area contributed by atoms with Gasteiger partial charge in [0.15, 0.2) is 0 Å². The summed E-state index contributed by atoms with van der Waals surface area (Å²) < 4.78 is 47.2. The average molecular weight is 692 g/mol. The van der Waals surface area contributed by atoms with E-state index in [2.05, 4.69) is 4.98 Å². The summed E-state index contributed by atoms with van der Waals surface area (Å²) in [5.74, 6) is 0.447. The van der Waals surface area contributed by atoms with Crippen molar-refractivity contribution in [2.75, 3.05) is 82.9 Å². The molecule has 1 fully saturated rings. The second kappa shape index (κ2) is 15.8. The lowest BCUT2D eigenvalue weighted by molar-refractivity contribution is -0.145. The third-order valence-electron chi connectivity index (χ3n) is 8.30. The number of ether oxygens (including phenoxy) is 4.